The number of nitrogens with zero attached hydrogens (tertiary/aromatic N) is 1. The van der Waals surface area contributed by atoms with E-state index < -0.39 is 18.1 Å². The van der Waals surface area contributed by atoms with Crippen LogP contribution in [0, 0.1) is 11.3 Å². The number of rotatable bonds is 5. The monoisotopic (exact) mass is 426 g/mol. The Morgan fingerprint density at radius 2 is 1.94 bits per heavy atom. The van der Waals surface area contributed by atoms with Crippen LogP contribution < -0.4 is 10.1 Å². The highest BCUT2D eigenvalue weighted by molar-refractivity contribution is 6.07. The fraction of sp³-hybridized carbons (Fsp3) is 0.333. The number of nitrogens with one attached hydrogen (secondary N) is 1. The van der Waals surface area contributed by atoms with Gasteiger partial charge in [-0.05, 0) is 53.7 Å². The molecule has 0 fully saturated rings. The van der Waals surface area contributed by atoms with Crippen molar-refractivity contribution in [3.8, 4) is 11.8 Å². The lowest BCUT2D eigenvalue weighted by Crippen LogP contribution is -2.48. The van der Waals surface area contributed by atoms with Crippen molar-refractivity contribution in [1.82, 2.24) is 5.32 Å². The zero-order valence-electron chi connectivity index (χ0n) is 16.8. The summed E-state index contributed by atoms with van der Waals surface area (Å²) in [5.41, 5.74) is 3.08. The van der Waals surface area contributed by atoms with Gasteiger partial charge in [0.25, 0.3) is 5.91 Å². The Balaban J connectivity index is 1.57. The van der Waals surface area contributed by atoms with E-state index in [1.807, 2.05) is 48.5 Å². The van der Waals surface area contributed by atoms with Crippen molar-refractivity contribution in [3.63, 3.8) is 0 Å². The Labute approximate surface area is 178 Å². The average molecular weight is 426 g/mol. The number of fused-ring (bicyclic) bond motifs is 2. The normalized spacial score (nSPS) is 20.4. The minimum Gasteiger partial charge on any atom is -0.494 e. The van der Waals surface area contributed by atoms with Crippen LogP contribution in [0.15, 0.2) is 54.1 Å². The highest BCUT2D eigenvalue weighted by Gasteiger charge is 2.45. The third-order valence-electron chi connectivity index (χ3n) is 5.88. The molecule has 2 aromatic rings. The summed E-state index contributed by atoms with van der Waals surface area (Å²) < 4.78 is 42.4. The first kappa shape index (κ1) is 21.0. The van der Waals surface area contributed by atoms with E-state index in [2.05, 4.69) is 5.32 Å². The summed E-state index contributed by atoms with van der Waals surface area (Å²) in [4.78, 5) is 12.8. The molecule has 2 aliphatic rings. The summed E-state index contributed by atoms with van der Waals surface area (Å²) >= 11 is 0. The van der Waals surface area contributed by atoms with Crippen molar-refractivity contribution < 1.29 is 22.7 Å². The van der Waals surface area contributed by atoms with Crippen LogP contribution in [0.4, 0.5) is 13.2 Å². The van der Waals surface area contributed by atoms with Gasteiger partial charge in [0.05, 0.1) is 12.1 Å². The maximum Gasteiger partial charge on any atom is 0.389 e. The second-order valence-electron chi connectivity index (χ2n) is 7.93. The average Bonchev–Trinajstić information content (AvgIpc) is 3.08. The zero-order valence-corrected chi connectivity index (χ0v) is 16.8. The van der Waals surface area contributed by atoms with Crippen molar-refractivity contribution in [2.24, 2.45) is 0 Å². The van der Waals surface area contributed by atoms with Gasteiger partial charge in [0.2, 0.25) is 0 Å². The van der Waals surface area contributed by atoms with Crippen LogP contribution in [-0.4, -0.2) is 18.7 Å². The van der Waals surface area contributed by atoms with Gasteiger partial charge in [0.1, 0.15) is 17.4 Å². The third-order valence-corrected chi connectivity index (χ3v) is 5.88. The molecule has 31 heavy (non-hydrogen) atoms. The summed E-state index contributed by atoms with van der Waals surface area (Å²) in [6, 6.07) is 16.9. The molecule has 4 nitrogen and oxygen atoms in total. The number of hydrogen-bond donors (Lipinski definition) is 1. The van der Waals surface area contributed by atoms with Crippen molar-refractivity contribution in [2.75, 3.05) is 6.61 Å². The number of carbonyl (C=O) groups excluding carboxylic acids is 1. The van der Waals surface area contributed by atoms with Crippen molar-refractivity contribution in [3.05, 3.63) is 70.8 Å². The number of benzene rings is 2. The fourth-order valence-corrected chi connectivity index (χ4v) is 4.45. The minimum atomic E-state index is -4.18. The van der Waals surface area contributed by atoms with E-state index in [0.29, 0.717) is 25.0 Å². The van der Waals surface area contributed by atoms with Gasteiger partial charge in [-0.25, -0.2) is 0 Å². The summed E-state index contributed by atoms with van der Waals surface area (Å²) in [5.74, 6) is 0.143. The number of halogens is 3. The highest BCUT2D eigenvalue weighted by Crippen LogP contribution is 2.47. The summed E-state index contributed by atoms with van der Waals surface area (Å²) in [5, 5.41) is 12.6. The van der Waals surface area contributed by atoms with Crippen LogP contribution in [0.1, 0.15) is 42.4 Å². The molecule has 0 radical (unpaired) electrons. The molecule has 1 atom stereocenters. The second kappa shape index (κ2) is 8.10. The Morgan fingerprint density at radius 3 is 2.65 bits per heavy atom. The first-order valence-corrected chi connectivity index (χ1v) is 10.2. The lowest BCUT2D eigenvalue weighted by molar-refractivity contribution is -0.136. The summed E-state index contributed by atoms with van der Waals surface area (Å²) in [6.07, 6.45) is -3.25. The first-order chi connectivity index (χ1) is 14.8. The van der Waals surface area contributed by atoms with Crippen LogP contribution in [0.2, 0.25) is 0 Å². The lowest BCUT2D eigenvalue weighted by atomic mass is 9.78. The standard InChI is InChI=1S/C24H21F3N2O2/c25-24(26,27)10-4-12-31-18-7-8-21-17(13-18)9-11-23(21)14-19(16-5-2-1-3-6-16)20(15-28)22(30)29-23/h1-3,5-8,13H,4,9-12,14H2,(H,29,30). The molecule has 160 valence electrons. The van der Waals surface area contributed by atoms with Gasteiger partial charge >= 0.3 is 6.18 Å². The van der Waals surface area contributed by atoms with E-state index in [1.165, 1.54) is 0 Å². The van der Waals surface area contributed by atoms with Crippen molar-refractivity contribution in [2.45, 2.75) is 43.8 Å². The molecule has 2 aromatic carbocycles. The van der Waals surface area contributed by atoms with Gasteiger partial charge in [-0.1, -0.05) is 36.4 Å². The Hall–Kier alpha value is -3.27. The van der Waals surface area contributed by atoms with Gasteiger partial charge in [-0.3, -0.25) is 4.79 Å². The lowest BCUT2D eigenvalue weighted by Gasteiger charge is -2.37. The molecular weight excluding hydrogens is 405 g/mol. The van der Waals surface area contributed by atoms with Crippen molar-refractivity contribution in [1.29, 1.82) is 5.26 Å². The highest BCUT2D eigenvalue weighted by atomic mass is 19.4. The van der Waals surface area contributed by atoms with Gasteiger partial charge in [0.15, 0.2) is 0 Å². The van der Waals surface area contributed by atoms with E-state index in [9.17, 15) is 23.2 Å². The van der Waals surface area contributed by atoms with Gasteiger partial charge in [-0.2, -0.15) is 18.4 Å². The molecule has 7 heteroatoms. The van der Waals surface area contributed by atoms with E-state index in [0.717, 1.165) is 22.3 Å². The van der Waals surface area contributed by atoms with Crippen LogP contribution in [-0.2, 0) is 16.8 Å². The topological polar surface area (TPSA) is 62.1 Å². The summed E-state index contributed by atoms with van der Waals surface area (Å²) in [7, 11) is 0. The molecule has 1 spiro atoms. The maximum absolute atomic E-state index is 12.8. The van der Waals surface area contributed by atoms with Crippen LogP contribution in [0.25, 0.3) is 5.57 Å². The number of nitriles is 1. The molecule has 1 aliphatic carbocycles. The number of amides is 1. The van der Waals surface area contributed by atoms with E-state index in [4.69, 9.17) is 4.74 Å². The predicted molar refractivity (Wildman–Crippen MR) is 109 cm³/mol. The Kier molecular flexibility index (Phi) is 5.48. The summed E-state index contributed by atoms with van der Waals surface area (Å²) in [6.45, 7) is -0.00734. The third kappa shape index (κ3) is 4.29. The van der Waals surface area contributed by atoms with E-state index in [-0.39, 0.29) is 24.5 Å². The second-order valence-corrected chi connectivity index (χ2v) is 7.93. The first-order valence-electron chi connectivity index (χ1n) is 10.2. The molecule has 1 N–H and O–H groups in total. The number of alkyl halides is 3. The molecule has 0 saturated carbocycles. The molecule has 1 amide bonds. The predicted octanol–water partition coefficient (Wildman–Crippen LogP) is 5.05. The minimum absolute atomic E-state index is 0.00734. The molecule has 1 unspecified atom stereocenters. The molecular formula is C24H21F3N2O2. The molecule has 0 aromatic heterocycles. The number of hydrogen-bond acceptors (Lipinski definition) is 3. The van der Waals surface area contributed by atoms with Crippen molar-refractivity contribution >= 4 is 11.5 Å². The Morgan fingerprint density at radius 1 is 1.16 bits per heavy atom. The fourth-order valence-electron chi connectivity index (χ4n) is 4.45. The maximum atomic E-state index is 12.8. The van der Waals surface area contributed by atoms with E-state index in [1.54, 1.807) is 6.07 Å². The van der Waals surface area contributed by atoms with Crippen LogP contribution in [0.5, 0.6) is 5.75 Å². The quantitative estimate of drug-likeness (QED) is 0.681. The molecule has 4 rings (SSSR count). The van der Waals surface area contributed by atoms with Gasteiger partial charge < -0.3 is 10.1 Å². The van der Waals surface area contributed by atoms with Gasteiger partial charge in [0, 0.05) is 12.8 Å². The number of ether oxygens (including phenoxy) is 1. The van der Waals surface area contributed by atoms with E-state index >= 15 is 0 Å². The smallest absolute Gasteiger partial charge is 0.389 e. The molecule has 0 saturated heterocycles. The largest absolute Gasteiger partial charge is 0.494 e. The SMILES string of the molecule is N#CC1=C(c2ccccc2)CC2(CCc3cc(OCCCC(F)(F)F)ccc32)NC1=O. The Bertz CT molecular complexity index is 1070. The zero-order chi connectivity index (χ0) is 22.1. The molecule has 0 bridgehead atoms. The number of aryl methyl sites for hydroxylation is 1. The van der Waals surface area contributed by atoms with Gasteiger partial charge in [-0.15, -0.1) is 0 Å². The molecule has 1 aliphatic heterocycles. The van der Waals surface area contributed by atoms with Crippen LogP contribution >= 0.6 is 0 Å². The molecule has 1 heterocycles. The van der Waals surface area contributed by atoms with Crippen LogP contribution in [0.3, 0.4) is 0 Å². The number of carbonyl (C=O) groups is 1.